The molecule has 0 atom stereocenters. The molecule has 3 heterocycles. The summed E-state index contributed by atoms with van der Waals surface area (Å²) < 4.78 is 5.36. The van der Waals surface area contributed by atoms with E-state index in [9.17, 15) is 0 Å². The Kier molecular flexibility index (Phi) is 3.99. The fraction of sp³-hybridized carbons (Fsp3) is 0.154. The summed E-state index contributed by atoms with van der Waals surface area (Å²) in [6.45, 7) is 6.77. The second-order valence-corrected chi connectivity index (χ2v) is 8.46. The van der Waals surface area contributed by atoms with Crippen LogP contribution >= 0.6 is 0 Å². The highest BCUT2D eigenvalue weighted by Gasteiger charge is 2.18. The normalized spacial score (nSPS) is 12.0. The molecule has 0 saturated heterocycles. The summed E-state index contributed by atoms with van der Waals surface area (Å²) >= 11 is 0. The summed E-state index contributed by atoms with van der Waals surface area (Å²) in [6.07, 6.45) is 5.39. The molecule has 0 N–H and O–H groups in total. The highest BCUT2D eigenvalue weighted by Crippen LogP contribution is 2.35. The third kappa shape index (κ3) is 3.19. The van der Waals surface area contributed by atoms with Crippen LogP contribution in [-0.2, 0) is 5.41 Å². The number of nitrogens with zero attached hydrogens (tertiary/aromatic N) is 2. The van der Waals surface area contributed by atoms with Crippen molar-refractivity contribution in [3.8, 4) is 22.4 Å². The molecule has 5 rings (SSSR count). The molecule has 0 bridgehead atoms. The lowest BCUT2D eigenvalue weighted by atomic mass is 9.82. The molecule has 0 aliphatic heterocycles. The Morgan fingerprint density at radius 3 is 2.45 bits per heavy atom. The number of pyridine rings is 2. The minimum Gasteiger partial charge on any atom is -0.446 e. The molecule has 0 amide bonds. The van der Waals surface area contributed by atoms with Gasteiger partial charge in [0.05, 0.1) is 12.0 Å². The van der Waals surface area contributed by atoms with E-state index in [0.29, 0.717) is 5.71 Å². The van der Waals surface area contributed by atoms with Crippen molar-refractivity contribution in [3.05, 3.63) is 84.9 Å². The highest BCUT2D eigenvalue weighted by atomic mass is 16.3. The van der Waals surface area contributed by atoms with Gasteiger partial charge in [-0.3, -0.25) is 4.98 Å². The molecule has 0 aliphatic carbocycles. The first kappa shape index (κ1) is 17.6. The van der Waals surface area contributed by atoms with Crippen molar-refractivity contribution in [1.82, 2.24) is 9.97 Å². The van der Waals surface area contributed by atoms with Crippen molar-refractivity contribution in [3.63, 3.8) is 0 Å². The number of fused-ring (bicyclic) bond motifs is 2. The fourth-order valence-corrected chi connectivity index (χ4v) is 3.86. The van der Waals surface area contributed by atoms with Gasteiger partial charge < -0.3 is 4.42 Å². The first-order chi connectivity index (χ1) is 14.0. The minimum absolute atomic E-state index is 0.0451. The van der Waals surface area contributed by atoms with Crippen molar-refractivity contribution in [2.45, 2.75) is 26.2 Å². The quantitative estimate of drug-likeness (QED) is 0.332. The van der Waals surface area contributed by atoms with Gasteiger partial charge in [0.2, 0.25) is 5.71 Å². The summed E-state index contributed by atoms with van der Waals surface area (Å²) in [4.78, 5) is 9.10. The number of hydrogen-bond donors (Lipinski definition) is 0. The standard InChI is InChI=1S/C26H22N2O/c1-26(2,3)23-14-20(12-18-6-4-5-7-22(18)23)24-15-17(8-10-27-24)21-13-19-9-11-29-25(19)28-16-21/h4-16H,1-3H3. The third-order valence-corrected chi connectivity index (χ3v) is 5.36. The third-order valence-electron chi connectivity index (χ3n) is 5.36. The Bertz CT molecular complexity index is 1340. The van der Waals surface area contributed by atoms with E-state index in [1.165, 1.54) is 16.3 Å². The van der Waals surface area contributed by atoms with Crippen LogP contribution in [0.2, 0.25) is 0 Å². The Morgan fingerprint density at radius 2 is 1.59 bits per heavy atom. The highest BCUT2D eigenvalue weighted by molar-refractivity contribution is 5.91. The largest absolute Gasteiger partial charge is 0.446 e. The van der Waals surface area contributed by atoms with Crippen LogP contribution in [0, 0.1) is 0 Å². The molecule has 0 saturated carbocycles. The van der Waals surface area contributed by atoms with Crippen LogP contribution in [0.4, 0.5) is 0 Å². The SMILES string of the molecule is CC(C)(C)c1cc(-c2cc(-c3cnc4occc4c3)ccn2)cc2ccccc12. The topological polar surface area (TPSA) is 38.9 Å². The molecule has 3 nitrogen and oxygen atoms in total. The molecular weight excluding hydrogens is 356 g/mol. The number of furan rings is 1. The number of rotatable bonds is 2. The molecule has 0 aliphatic rings. The van der Waals surface area contributed by atoms with Crippen molar-refractivity contribution < 1.29 is 4.42 Å². The maximum Gasteiger partial charge on any atom is 0.225 e. The van der Waals surface area contributed by atoms with Crippen molar-refractivity contribution in [2.24, 2.45) is 0 Å². The van der Waals surface area contributed by atoms with Gasteiger partial charge in [-0.05, 0) is 63.7 Å². The summed E-state index contributed by atoms with van der Waals surface area (Å²) in [6, 6.07) is 21.3. The average molecular weight is 378 g/mol. The molecule has 2 aromatic carbocycles. The molecular formula is C26H22N2O. The van der Waals surface area contributed by atoms with Gasteiger partial charge in [-0.25, -0.2) is 4.98 Å². The predicted molar refractivity (Wildman–Crippen MR) is 119 cm³/mol. The zero-order chi connectivity index (χ0) is 20.0. The van der Waals surface area contributed by atoms with Crippen LogP contribution in [0.3, 0.4) is 0 Å². The van der Waals surface area contributed by atoms with E-state index in [-0.39, 0.29) is 5.41 Å². The summed E-state index contributed by atoms with van der Waals surface area (Å²) in [7, 11) is 0. The fourth-order valence-electron chi connectivity index (χ4n) is 3.86. The minimum atomic E-state index is 0.0451. The lowest BCUT2D eigenvalue weighted by molar-refractivity contribution is 0.596. The van der Waals surface area contributed by atoms with E-state index in [1.54, 1.807) is 6.26 Å². The summed E-state index contributed by atoms with van der Waals surface area (Å²) in [5, 5.41) is 3.54. The number of aromatic nitrogens is 2. The van der Waals surface area contributed by atoms with Crippen molar-refractivity contribution in [2.75, 3.05) is 0 Å². The molecule has 5 aromatic rings. The maximum atomic E-state index is 5.36. The smallest absolute Gasteiger partial charge is 0.225 e. The van der Waals surface area contributed by atoms with Gasteiger partial charge in [0.1, 0.15) is 0 Å². The first-order valence-corrected chi connectivity index (χ1v) is 9.82. The van der Waals surface area contributed by atoms with Crippen LogP contribution in [0.1, 0.15) is 26.3 Å². The number of hydrogen-bond acceptors (Lipinski definition) is 3. The van der Waals surface area contributed by atoms with Gasteiger partial charge in [-0.1, -0.05) is 45.0 Å². The molecule has 0 unspecified atom stereocenters. The second-order valence-electron chi connectivity index (χ2n) is 8.46. The van der Waals surface area contributed by atoms with Crippen molar-refractivity contribution in [1.29, 1.82) is 0 Å². The zero-order valence-electron chi connectivity index (χ0n) is 16.8. The average Bonchev–Trinajstić information content (AvgIpc) is 3.20. The van der Waals surface area contributed by atoms with Gasteiger partial charge in [-0.2, -0.15) is 0 Å². The van der Waals surface area contributed by atoms with E-state index in [4.69, 9.17) is 4.42 Å². The van der Waals surface area contributed by atoms with Crippen molar-refractivity contribution >= 4 is 21.9 Å². The Labute approximate surface area is 170 Å². The summed E-state index contributed by atoms with van der Waals surface area (Å²) in [5.41, 5.74) is 6.28. The lowest BCUT2D eigenvalue weighted by Crippen LogP contribution is -2.12. The van der Waals surface area contributed by atoms with E-state index >= 15 is 0 Å². The van der Waals surface area contributed by atoms with Gasteiger partial charge in [0, 0.05) is 28.9 Å². The van der Waals surface area contributed by atoms with E-state index < -0.39 is 0 Å². The molecule has 142 valence electrons. The van der Waals surface area contributed by atoms with Crippen LogP contribution in [0.15, 0.2) is 83.7 Å². The molecule has 0 fully saturated rings. The molecule has 3 heteroatoms. The first-order valence-electron chi connectivity index (χ1n) is 9.82. The van der Waals surface area contributed by atoms with Crippen LogP contribution in [-0.4, -0.2) is 9.97 Å². The molecule has 0 spiro atoms. The Morgan fingerprint density at radius 1 is 0.759 bits per heavy atom. The Hall–Kier alpha value is -3.46. The molecule has 29 heavy (non-hydrogen) atoms. The van der Waals surface area contributed by atoms with Crippen LogP contribution < -0.4 is 0 Å². The van der Waals surface area contributed by atoms with Gasteiger partial charge in [0.25, 0.3) is 0 Å². The predicted octanol–water partition coefficient (Wildman–Crippen LogP) is 7.01. The Balaban J connectivity index is 1.66. The zero-order valence-corrected chi connectivity index (χ0v) is 16.8. The molecule has 3 aromatic heterocycles. The second kappa shape index (κ2) is 6.56. The summed E-state index contributed by atoms with van der Waals surface area (Å²) in [5.74, 6) is 0. The number of benzene rings is 2. The van der Waals surface area contributed by atoms with Gasteiger partial charge in [-0.15, -0.1) is 0 Å². The van der Waals surface area contributed by atoms with Gasteiger partial charge in [0.15, 0.2) is 0 Å². The molecule has 0 radical (unpaired) electrons. The maximum absolute atomic E-state index is 5.36. The van der Waals surface area contributed by atoms with E-state index in [2.05, 4.69) is 79.3 Å². The van der Waals surface area contributed by atoms with E-state index in [1.807, 2.05) is 24.5 Å². The monoisotopic (exact) mass is 378 g/mol. The lowest BCUT2D eigenvalue weighted by Gasteiger charge is -2.22. The van der Waals surface area contributed by atoms with Crippen LogP contribution in [0.5, 0.6) is 0 Å². The van der Waals surface area contributed by atoms with Crippen LogP contribution in [0.25, 0.3) is 44.3 Å². The van der Waals surface area contributed by atoms with Gasteiger partial charge >= 0.3 is 0 Å². The van der Waals surface area contributed by atoms with E-state index in [0.717, 1.165) is 27.8 Å².